The van der Waals surface area contributed by atoms with Gasteiger partial charge < -0.3 is 10.2 Å². The van der Waals surface area contributed by atoms with Gasteiger partial charge in [-0.3, -0.25) is 30.0 Å². The number of aliphatic carboxylic acids is 2. The smallest absolute Gasteiger partial charge is 0.303 e. The van der Waals surface area contributed by atoms with Crippen molar-refractivity contribution in [2.75, 3.05) is 10.0 Å². The van der Waals surface area contributed by atoms with Crippen molar-refractivity contribution in [2.45, 2.75) is 44.9 Å². The number of hydrogen-bond acceptors (Lipinski definition) is 6. The number of carboxylic acid groups (broad SMARTS) is 2. The molecule has 0 aromatic heterocycles. The van der Waals surface area contributed by atoms with Crippen molar-refractivity contribution in [3.05, 3.63) is 60.7 Å². The molecular weight excluding hydrogens is 516 g/mol. The van der Waals surface area contributed by atoms with Crippen molar-refractivity contribution >= 4 is 69.5 Å². The van der Waals surface area contributed by atoms with E-state index < -0.39 is 30.2 Å². The van der Waals surface area contributed by atoms with Gasteiger partial charge in [0.05, 0.1) is 11.4 Å². The van der Waals surface area contributed by atoms with Crippen molar-refractivity contribution in [2.24, 2.45) is 0 Å². The first kappa shape index (κ1) is 29.3. The summed E-state index contributed by atoms with van der Waals surface area (Å²) in [5.41, 5.74) is 6.35. The SMILES string of the molecule is O=C(O)CCCC(=S)N(NC(=O)CC(=O)NN(C(=S)CCCC(=O)O)c1ccccc1)c1ccccc1. The van der Waals surface area contributed by atoms with E-state index in [9.17, 15) is 19.2 Å². The lowest BCUT2D eigenvalue weighted by Gasteiger charge is -2.27. The maximum atomic E-state index is 12.8. The summed E-state index contributed by atoms with van der Waals surface area (Å²) in [6, 6.07) is 17.5. The summed E-state index contributed by atoms with van der Waals surface area (Å²) < 4.78 is 0. The molecule has 2 amide bonds. The number of benzene rings is 2. The molecule has 2 aromatic carbocycles. The lowest BCUT2D eigenvalue weighted by molar-refractivity contribution is -0.138. The van der Waals surface area contributed by atoms with E-state index in [1.165, 1.54) is 10.0 Å². The molecule has 196 valence electrons. The van der Waals surface area contributed by atoms with Crippen LogP contribution < -0.4 is 20.9 Å². The number of carbonyl (C=O) groups is 4. The Bertz CT molecular complexity index is 1030. The monoisotopic (exact) mass is 544 g/mol. The summed E-state index contributed by atoms with van der Waals surface area (Å²) in [6.07, 6.45) is 0.382. The Morgan fingerprint density at radius 2 is 0.973 bits per heavy atom. The van der Waals surface area contributed by atoms with Crippen LogP contribution in [0.4, 0.5) is 11.4 Å². The zero-order valence-electron chi connectivity index (χ0n) is 20.0. The molecule has 0 saturated carbocycles. The summed E-state index contributed by atoms with van der Waals surface area (Å²) in [5, 5.41) is 20.5. The molecule has 10 nitrogen and oxygen atoms in total. The van der Waals surface area contributed by atoms with Crippen molar-refractivity contribution < 1.29 is 29.4 Å². The standard InChI is InChI=1S/C25H28N4O6S2/c30-20(26-28(18-9-3-1-4-10-18)22(36)13-7-15-24(32)33)17-21(31)27-29(19-11-5-2-6-12-19)23(37)14-8-16-25(34)35/h1-6,9-12H,7-8,13-17H2,(H,26,30)(H,27,31)(H,32,33)(H,34,35). The Hall–Kier alpha value is -3.90. The molecule has 37 heavy (non-hydrogen) atoms. The van der Waals surface area contributed by atoms with E-state index in [0.29, 0.717) is 34.2 Å². The number of thiocarbonyl (C=S) groups is 2. The van der Waals surface area contributed by atoms with E-state index >= 15 is 0 Å². The van der Waals surface area contributed by atoms with Gasteiger partial charge >= 0.3 is 11.9 Å². The Kier molecular flexibility index (Phi) is 12.1. The van der Waals surface area contributed by atoms with E-state index in [-0.39, 0.29) is 25.7 Å². The summed E-state index contributed by atoms with van der Waals surface area (Å²) in [4.78, 5) is 47.8. The molecule has 2 aromatic rings. The molecule has 0 aliphatic rings. The molecule has 0 aliphatic carbocycles. The number of nitrogens with zero attached hydrogens (tertiary/aromatic N) is 2. The molecule has 0 saturated heterocycles. The van der Waals surface area contributed by atoms with Gasteiger partial charge in [0.1, 0.15) is 16.4 Å². The molecule has 0 radical (unpaired) electrons. The Morgan fingerprint density at radius 3 is 1.30 bits per heavy atom. The highest BCUT2D eigenvalue weighted by molar-refractivity contribution is 7.80. The fraction of sp³-hybridized carbons (Fsp3) is 0.280. The maximum Gasteiger partial charge on any atom is 0.303 e. The van der Waals surface area contributed by atoms with E-state index in [1.54, 1.807) is 60.7 Å². The van der Waals surface area contributed by atoms with Crippen LogP contribution in [0.25, 0.3) is 0 Å². The number of nitrogens with one attached hydrogen (secondary N) is 2. The van der Waals surface area contributed by atoms with E-state index in [4.69, 9.17) is 34.6 Å². The van der Waals surface area contributed by atoms with Gasteiger partial charge in [-0.1, -0.05) is 60.8 Å². The number of hydrazine groups is 2. The van der Waals surface area contributed by atoms with Gasteiger partial charge in [-0.2, -0.15) is 0 Å². The second-order valence-electron chi connectivity index (χ2n) is 7.87. The van der Waals surface area contributed by atoms with Crippen molar-refractivity contribution in [1.29, 1.82) is 0 Å². The van der Waals surface area contributed by atoms with Gasteiger partial charge in [0, 0.05) is 25.7 Å². The van der Waals surface area contributed by atoms with Crippen LogP contribution in [-0.4, -0.2) is 43.9 Å². The Labute approximate surface area is 225 Å². The highest BCUT2D eigenvalue weighted by atomic mass is 32.1. The minimum absolute atomic E-state index is 0.0686. The van der Waals surface area contributed by atoms with Crippen LogP contribution in [-0.2, 0) is 19.2 Å². The number of hydrogen-bond donors (Lipinski definition) is 4. The third-order valence-corrected chi connectivity index (χ3v) is 5.66. The fourth-order valence-corrected chi connectivity index (χ4v) is 3.77. The van der Waals surface area contributed by atoms with Crippen molar-refractivity contribution in [3.8, 4) is 0 Å². The molecule has 0 aliphatic heterocycles. The minimum atomic E-state index is -0.946. The number of carboxylic acids is 2. The molecule has 0 unspecified atom stereocenters. The van der Waals surface area contributed by atoms with Crippen LogP contribution in [0, 0.1) is 0 Å². The summed E-state index contributed by atoms with van der Waals surface area (Å²) in [7, 11) is 0. The predicted molar refractivity (Wildman–Crippen MR) is 147 cm³/mol. The molecule has 0 heterocycles. The Balaban J connectivity index is 2.06. The second-order valence-corrected chi connectivity index (χ2v) is 8.81. The lowest BCUT2D eigenvalue weighted by Crippen LogP contribution is -2.50. The lowest BCUT2D eigenvalue weighted by atomic mass is 10.2. The van der Waals surface area contributed by atoms with Gasteiger partial charge in [0.15, 0.2) is 0 Å². The van der Waals surface area contributed by atoms with Gasteiger partial charge in [-0.15, -0.1) is 0 Å². The highest BCUT2D eigenvalue weighted by Gasteiger charge is 2.20. The topological polar surface area (TPSA) is 139 Å². The van der Waals surface area contributed by atoms with Crippen molar-refractivity contribution in [1.82, 2.24) is 10.9 Å². The molecule has 2 rings (SSSR count). The van der Waals surface area contributed by atoms with Gasteiger partial charge in [0.2, 0.25) is 11.8 Å². The molecule has 0 fully saturated rings. The second kappa shape index (κ2) is 15.3. The maximum absolute atomic E-state index is 12.8. The quantitative estimate of drug-likeness (QED) is 0.178. The summed E-state index contributed by atoms with van der Waals surface area (Å²) in [6.45, 7) is 0. The third-order valence-electron chi connectivity index (χ3n) is 4.88. The normalized spacial score (nSPS) is 10.2. The molecule has 0 atom stereocenters. The van der Waals surface area contributed by atoms with Crippen LogP contribution >= 0.6 is 24.4 Å². The first-order valence-electron chi connectivity index (χ1n) is 11.5. The predicted octanol–water partition coefficient (Wildman–Crippen LogP) is 3.62. The van der Waals surface area contributed by atoms with Gasteiger partial charge in [0.25, 0.3) is 0 Å². The molecule has 0 spiro atoms. The summed E-state index contributed by atoms with van der Waals surface area (Å²) >= 11 is 10.8. The van der Waals surface area contributed by atoms with Crippen LogP contribution in [0.15, 0.2) is 60.7 Å². The highest BCUT2D eigenvalue weighted by Crippen LogP contribution is 2.16. The van der Waals surface area contributed by atoms with Crippen LogP contribution in [0.2, 0.25) is 0 Å². The van der Waals surface area contributed by atoms with Gasteiger partial charge in [-0.05, 0) is 37.1 Å². The number of rotatable bonds is 12. The largest absolute Gasteiger partial charge is 0.481 e. The average molecular weight is 545 g/mol. The van der Waals surface area contributed by atoms with Crippen molar-refractivity contribution in [3.63, 3.8) is 0 Å². The molecule has 0 bridgehead atoms. The first-order valence-corrected chi connectivity index (χ1v) is 12.3. The Morgan fingerprint density at radius 1 is 0.622 bits per heavy atom. The molecule has 12 heteroatoms. The van der Waals surface area contributed by atoms with E-state index in [0.717, 1.165) is 0 Å². The van der Waals surface area contributed by atoms with Crippen LogP contribution in [0.5, 0.6) is 0 Å². The minimum Gasteiger partial charge on any atom is -0.481 e. The number of para-hydroxylation sites is 2. The number of amides is 2. The van der Waals surface area contributed by atoms with Crippen LogP contribution in [0.3, 0.4) is 0 Å². The number of carbonyl (C=O) groups excluding carboxylic acids is 2. The molecule has 4 N–H and O–H groups in total. The first-order chi connectivity index (χ1) is 17.7. The molecular formula is C25H28N4O6S2. The van der Waals surface area contributed by atoms with E-state index in [2.05, 4.69) is 10.9 Å². The average Bonchev–Trinajstić information content (AvgIpc) is 2.86. The van der Waals surface area contributed by atoms with E-state index in [1.807, 2.05) is 0 Å². The zero-order chi connectivity index (χ0) is 27.2. The fourth-order valence-electron chi connectivity index (χ4n) is 3.18. The third kappa shape index (κ3) is 10.7. The zero-order valence-corrected chi connectivity index (χ0v) is 21.6. The van der Waals surface area contributed by atoms with Gasteiger partial charge in [-0.25, -0.2) is 10.0 Å². The number of anilines is 2. The van der Waals surface area contributed by atoms with Crippen LogP contribution in [0.1, 0.15) is 44.9 Å². The summed E-state index contributed by atoms with van der Waals surface area (Å²) in [5.74, 6) is -3.18.